The summed E-state index contributed by atoms with van der Waals surface area (Å²) in [7, 11) is -3.73. The maximum Gasteiger partial charge on any atom is 0.246 e. The summed E-state index contributed by atoms with van der Waals surface area (Å²) in [5.74, 6) is 0. The van der Waals surface area contributed by atoms with Gasteiger partial charge in [-0.05, 0) is 18.6 Å². The molecule has 0 spiro atoms. The van der Waals surface area contributed by atoms with Gasteiger partial charge in [-0.15, -0.1) is 0 Å². The van der Waals surface area contributed by atoms with Crippen LogP contribution in [0.4, 0.5) is 5.69 Å². The molecule has 0 aromatic heterocycles. The van der Waals surface area contributed by atoms with Crippen LogP contribution in [0.25, 0.3) is 0 Å². The molecule has 1 aromatic rings. The summed E-state index contributed by atoms with van der Waals surface area (Å²) >= 11 is 11.8. The van der Waals surface area contributed by atoms with E-state index in [0.717, 1.165) is 0 Å². The minimum atomic E-state index is -3.73. The molecule has 0 saturated carbocycles. The van der Waals surface area contributed by atoms with Crippen molar-refractivity contribution in [2.75, 3.05) is 32.0 Å². The van der Waals surface area contributed by atoms with E-state index >= 15 is 0 Å². The van der Waals surface area contributed by atoms with E-state index < -0.39 is 10.0 Å². The van der Waals surface area contributed by atoms with Crippen molar-refractivity contribution < 1.29 is 13.2 Å². The Bertz CT molecular complexity index is 546. The third-order valence-electron chi connectivity index (χ3n) is 2.82. The van der Waals surface area contributed by atoms with E-state index in [2.05, 4.69) is 0 Å². The zero-order chi connectivity index (χ0) is 14.0. The molecule has 0 amide bonds. The van der Waals surface area contributed by atoms with E-state index in [1.54, 1.807) is 0 Å². The van der Waals surface area contributed by atoms with Gasteiger partial charge in [0.15, 0.2) is 0 Å². The number of nitrogen functional groups attached to an aromatic ring is 1. The van der Waals surface area contributed by atoms with Crippen molar-refractivity contribution in [3.05, 3.63) is 22.2 Å². The maximum absolute atomic E-state index is 12.6. The number of nitrogens with two attached hydrogens (primary N) is 1. The minimum absolute atomic E-state index is 0.0372. The van der Waals surface area contributed by atoms with E-state index in [0.29, 0.717) is 37.7 Å². The van der Waals surface area contributed by atoms with Gasteiger partial charge in [0.25, 0.3) is 0 Å². The third-order valence-corrected chi connectivity index (χ3v) is 5.46. The molecule has 106 valence electrons. The lowest BCUT2D eigenvalue weighted by molar-refractivity contribution is 0.148. The number of anilines is 1. The number of nitrogens with zero attached hydrogens (tertiary/aromatic N) is 1. The van der Waals surface area contributed by atoms with Crippen molar-refractivity contribution in [3.8, 4) is 0 Å². The Balaban J connectivity index is 2.44. The van der Waals surface area contributed by atoms with Gasteiger partial charge in [0, 0.05) is 24.7 Å². The second kappa shape index (κ2) is 5.85. The van der Waals surface area contributed by atoms with Crippen LogP contribution in [0.3, 0.4) is 0 Å². The molecule has 5 nitrogen and oxygen atoms in total. The normalized spacial score (nSPS) is 18.2. The predicted molar refractivity (Wildman–Crippen MR) is 75.1 cm³/mol. The zero-order valence-electron chi connectivity index (χ0n) is 10.1. The predicted octanol–water partition coefficient (Wildman–Crippen LogP) is 1.99. The highest BCUT2D eigenvalue weighted by molar-refractivity contribution is 7.89. The Labute approximate surface area is 122 Å². The van der Waals surface area contributed by atoms with E-state index in [1.807, 2.05) is 0 Å². The summed E-state index contributed by atoms with van der Waals surface area (Å²) in [6.45, 7) is 1.60. The van der Waals surface area contributed by atoms with Crippen LogP contribution in [0.1, 0.15) is 6.42 Å². The van der Waals surface area contributed by atoms with Gasteiger partial charge in [0.2, 0.25) is 10.0 Å². The van der Waals surface area contributed by atoms with Crippen LogP contribution in [0.2, 0.25) is 10.0 Å². The molecule has 8 heteroatoms. The molecule has 1 aliphatic heterocycles. The summed E-state index contributed by atoms with van der Waals surface area (Å²) in [6.07, 6.45) is 0.643. The molecule has 2 N–H and O–H groups in total. The van der Waals surface area contributed by atoms with Gasteiger partial charge < -0.3 is 10.5 Å². The van der Waals surface area contributed by atoms with E-state index in [4.69, 9.17) is 33.7 Å². The second-order valence-corrected chi connectivity index (χ2v) is 6.89. The maximum atomic E-state index is 12.6. The minimum Gasteiger partial charge on any atom is -0.398 e. The van der Waals surface area contributed by atoms with Crippen LogP contribution in [-0.2, 0) is 14.8 Å². The van der Waals surface area contributed by atoms with Gasteiger partial charge in [-0.2, -0.15) is 4.31 Å². The lowest BCUT2D eigenvalue weighted by Crippen LogP contribution is -2.33. The summed E-state index contributed by atoms with van der Waals surface area (Å²) in [6, 6.07) is 2.76. The van der Waals surface area contributed by atoms with Gasteiger partial charge in [-0.3, -0.25) is 0 Å². The summed E-state index contributed by atoms with van der Waals surface area (Å²) < 4.78 is 31.7. The number of hydrogen-bond acceptors (Lipinski definition) is 4. The van der Waals surface area contributed by atoms with Gasteiger partial charge in [0.1, 0.15) is 4.90 Å². The molecule has 0 bridgehead atoms. The van der Waals surface area contributed by atoms with Crippen LogP contribution >= 0.6 is 23.2 Å². The van der Waals surface area contributed by atoms with E-state index in [-0.39, 0.29) is 15.6 Å². The molecule has 1 heterocycles. The lowest BCUT2D eigenvalue weighted by atomic mass is 10.3. The fraction of sp³-hybridized carbons (Fsp3) is 0.455. The second-order valence-electron chi connectivity index (χ2n) is 4.18. The fourth-order valence-corrected chi connectivity index (χ4v) is 4.35. The topological polar surface area (TPSA) is 72.6 Å². The van der Waals surface area contributed by atoms with Crippen molar-refractivity contribution in [2.45, 2.75) is 11.3 Å². The fourth-order valence-electron chi connectivity index (χ4n) is 1.95. The first-order valence-electron chi connectivity index (χ1n) is 5.75. The van der Waals surface area contributed by atoms with E-state index in [9.17, 15) is 8.42 Å². The van der Waals surface area contributed by atoms with Crippen molar-refractivity contribution in [1.82, 2.24) is 4.31 Å². The van der Waals surface area contributed by atoms with Gasteiger partial charge in [-0.25, -0.2) is 8.42 Å². The summed E-state index contributed by atoms with van der Waals surface area (Å²) in [4.78, 5) is -0.0829. The highest BCUT2D eigenvalue weighted by Gasteiger charge is 2.29. The highest BCUT2D eigenvalue weighted by atomic mass is 35.5. The molecule has 0 aliphatic carbocycles. The molecule has 0 radical (unpaired) electrons. The molecular weight excluding hydrogens is 311 g/mol. The van der Waals surface area contributed by atoms with Crippen LogP contribution in [0.5, 0.6) is 0 Å². The number of rotatable bonds is 2. The molecule has 19 heavy (non-hydrogen) atoms. The quantitative estimate of drug-likeness (QED) is 0.844. The Kier molecular flexibility index (Phi) is 4.58. The largest absolute Gasteiger partial charge is 0.398 e. The van der Waals surface area contributed by atoms with Crippen LogP contribution < -0.4 is 5.73 Å². The summed E-state index contributed by atoms with van der Waals surface area (Å²) in [5, 5.41) is 0.343. The van der Waals surface area contributed by atoms with Crippen molar-refractivity contribution in [2.24, 2.45) is 0 Å². The molecule has 0 atom stereocenters. The first-order valence-corrected chi connectivity index (χ1v) is 7.95. The van der Waals surface area contributed by atoms with E-state index in [1.165, 1.54) is 16.4 Å². The van der Waals surface area contributed by atoms with Crippen molar-refractivity contribution in [1.29, 1.82) is 0 Å². The van der Waals surface area contributed by atoms with Crippen molar-refractivity contribution >= 4 is 38.9 Å². The van der Waals surface area contributed by atoms with Gasteiger partial charge in [0.05, 0.1) is 17.3 Å². The number of hydrogen-bond donors (Lipinski definition) is 1. The van der Waals surface area contributed by atoms with Gasteiger partial charge >= 0.3 is 0 Å². The molecule has 1 saturated heterocycles. The Morgan fingerprint density at radius 1 is 1.21 bits per heavy atom. The number of sulfonamides is 1. The number of ether oxygens (including phenoxy) is 1. The van der Waals surface area contributed by atoms with Crippen molar-refractivity contribution in [3.63, 3.8) is 0 Å². The zero-order valence-corrected chi connectivity index (χ0v) is 12.4. The SMILES string of the molecule is Nc1cc(Cl)cc(Cl)c1S(=O)(=O)N1CCCOCC1. The van der Waals surface area contributed by atoms with Gasteiger partial charge in [-0.1, -0.05) is 23.2 Å². The average Bonchev–Trinajstić information content (AvgIpc) is 2.55. The highest BCUT2D eigenvalue weighted by Crippen LogP contribution is 2.33. The molecule has 0 unspecified atom stereocenters. The summed E-state index contributed by atoms with van der Waals surface area (Å²) in [5.41, 5.74) is 5.81. The first-order chi connectivity index (χ1) is 8.93. The number of benzene rings is 1. The molecule has 2 rings (SSSR count). The van der Waals surface area contributed by atoms with Crippen LogP contribution in [0, 0.1) is 0 Å². The smallest absolute Gasteiger partial charge is 0.246 e. The molecule has 1 aliphatic rings. The number of halogens is 2. The Morgan fingerprint density at radius 2 is 1.95 bits per heavy atom. The Morgan fingerprint density at radius 3 is 2.63 bits per heavy atom. The average molecular weight is 325 g/mol. The molecular formula is C11H14Cl2N2O3S. The monoisotopic (exact) mass is 324 g/mol. The lowest BCUT2D eigenvalue weighted by Gasteiger charge is -2.21. The molecule has 1 aromatic carbocycles. The molecule has 1 fully saturated rings. The Hall–Kier alpha value is -0.530. The third kappa shape index (κ3) is 3.14. The standard InChI is InChI=1S/C11H14Cl2N2O3S/c12-8-6-9(13)11(10(14)7-8)19(16,17)15-2-1-4-18-5-3-15/h6-7H,1-5,14H2. The van der Waals surface area contributed by atoms with Crippen LogP contribution in [-0.4, -0.2) is 39.0 Å². The van der Waals surface area contributed by atoms with Crippen LogP contribution in [0.15, 0.2) is 17.0 Å². The first kappa shape index (κ1) is 14.9.